The van der Waals surface area contributed by atoms with Gasteiger partial charge in [0, 0.05) is 90.6 Å². The molecule has 4 aromatic heterocycles. The maximum absolute atomic E-state index is 6.62. The molecule has 0 saturated carbocycles. The van der Waals surface area contributed by atoms with E-state index in [0.717, 1.165) is 21.9 Å². The highest BCUT2D eigenvalue weighted by Crippen LogP contribution is 2.50. The van der Waals surface area contributed by atoms with Crippen LogP contribution in [0, 0.1) is 0 Å². The summed E-state index contributed by atoms with van der Waals surface area (Å²) >= 11 is 3.82. The summed E-state index contributed by atoms with van der Waals surface area (Å²) in [6.45, 7) is 13.8. The van der Waals surface area contributed by atoms with E-state index in [0.29, 0.717) is 0 Å². The number of hydrogen-bond acceptors (Lipinski definition) is 4. The third-order valence-corrected chi connectivity index (χ3v) is 16.3. The molecular weight excluding hydrogens is 792 g/mol. The van der Waals surface area contributed by atoms with Gasteiger partial charge in [-0.05, 0) is 105 Å². The number of benzene rings is 8. The molecule has 0 amide bonds. The fourth-order valence-electron chi connectivity index (χ4n) is 11.0. The molecule has 0 unspecified atom stereocenters. The lowest BCUT2D eigenvalue weighted by molar-refractivity contribution is 0.590. The van der Waals surface area contributed by atoms with E-state index in [2.05, 4.69) is 190 Å². The van der Waals surface area contributed by atoms with Crippen LogP contribution in [0.4, 0.5) is 11.4 Å². The summed E-state index contributed by atoms with van der Waals surface area (Å²) in [5.41, 5.74) is 16.1. The summed E-state index contributed by atoms with van der Waals surface area (Å²) in [6.07, 6.45) is 0. The van der Waals surface area contributed by atoms with Crippen LogP contribution in [0.5, 0.6) is 0 Å². The number of furan rings is 1. The zero-order valence-corrected chi connectivity index (χ0v) is 37.1. The standard InChI is InChI=1S/C56H41BN2OS2/c1-55(2,3)30-15-18-32(19-16-30)59-45-29-52-41(40-23-31(56(4,5)6)17-22-50(40)62-52)25-37(45)35-20-21-36-38-24-39-33-11-7-9-13-47(33)60-48(39)28-44(38)58-46-26-42-34-12-8-10-14-49(34)61-51(42)27-43(46)57(59)53(35)54(36)58/h7-29H,1-6H3. The van der Waals surface area contributed by atoms with E-state index in [9.17, 15) is 0 Å². The van der Waals surface area contributed by atoms with E-state index in [1.165, 1.54) is 112 Å². The van der Waals surface area contributed by atoms with Gasteiger partial charge in [-0.15, -0.1) is 22.7 Å². The number of hydrogen-bond donors (Lipinski definition) is 0. The van der Waals surface area contributed by atoms with Crippen molar-refractivity contribution in [2.24, 2.45) is 0 Å². The lowest BCUT2D eigenvalue weighted by Crippen LogP contribution is -2.60. The first-order chi connectivity index (χ1) is 30.0. The molecule has 12 aromatic rings. The van der Waals surface area contributed by atoms with E-state index < -0.39 is 0 Å². The average molecular weight is 833 g/mol. The number of aromatic nitrogens is 1. The van der Waals surface area contributed by atoms with Crippen LogP contribution in [0.25, 0.3) is 101 Å². The predicted molar refractivity (Wildman–Crippen MR) is 270 cm³/mol. The minimum absolute atomic E-state index is 0.0436. The van der Waals surface area contributed by atoms with Crippen LogP contribution in [0.1, 0.15) is 52.7 Å². The predicted octanol–water partition coefficient (Wildman–Crippen LogP) is 15.3. The molecule has 0 spiro atoms. The maximum atomic E-state index is 6.62. The molecule has 62 heavy (non-hydrogen) atoms. The van der Waals surface area contributed by atoms with Crippen molar-refractivity contribution in [2.45, 2.75) is 52.4 Å². The normalized spacial score (nSPS) is 13.9. The number of anilines is 2. The molecular formula is C56H41BN2OS2. The SMILES string of the molecule is CC(C)(C)c1ccc(N2B3c4cc5sc6ccccc6c5cc4-n4c5cc6oc7ccccc7c6cc5c5ccc(c3c54)-c3cc4c(cc32)sc2ccc(C(C)(C)C)cc24)cc1. The van der Waals surface area contributed by atoms with Gasteiger partial charge in [-0.25, -0.2) is 0 Å². The molecule has 0 saturated heterocycles. The molecule has 0 bridgehead atoms. The van der Waals surface area contributed by atoms with Gasteiger partial charge in [0.1, 0.15) is 11.2 Å². The van der Waals surface area contributed by atoms with Gasteiger partial charge < -0.3 is 13.8 Å². The van der Waals surface area contributed by atoms with Gasteiger partial charge in [0.25, 0.3) is 0 Å². The topological polar surface area (TPSA) is 21.3 Å². The van der Waals surface area contributed by atoms with Crippen molar-refractivity contribution in [1.82, 2.24) is 4.57 Å². The van der Waals surface area contributed by atoms with Crippen molar-refractivity contribution in [2.75, 3.05) is 4.81 Å². The Balaban J connectivity index is 1.15. The summed E-state index contributed by atoms with van der Waals surface area (Å²) < 4.78 is 14.5. The number of fused-ring (bicyclic) bond motifs is 17. The number of nitrogens with zero attached hydrogens (tertiary/aromatic N) is 2. The Labute approximate surface area is 367 Å². The molecule has 0 radical (unpaired) electrons. The van der Waals surface area contributed by atoms with Gasteiger partial charge in [0.05, 0.1) is 11.0 Å². The number of rotatable bonds is 1. The molecule has 14 rings (SSSR count). The molecule has 0 fully saturated rings. The molecule has 0 N–H and O–H groups in total. The van der Waals surface area contributed by atoms with Crippen LogP contribution >= 0.6 is 22.7 Å². The fourth-order valence-corrected chi connectivity index (χ4v) is 13.2. The van der Waals surface area contributed by atoms with E-state index in [-0.39, 0.29) is 17.7 Å². The Bertz CT molecular complexity index is 3960. The molecule has 2 aliphatic rings. The molecule has 6 heteroatoms. The van der Waals surface area contributed by atoms with Crippen molar-refractivity contribution in [3.05, 3.63) is 151 Å². The van der Waals surface area contributed by atoms with Crippen LogP contribution in [-0.4, -0.2) is 11.4 Å². The van der Waals surface area contributed by atoms with Gasteiger partial charge in [-0.2, -0.15) is 0 Å². The molecule has 2 aliphatic heterocycles. The first kappa shape index (κ1) is 35.3. The molecule has 8 aromatic carbocycles. The van der Waals surface area contributed by atoms with E-state index in [1.54, 1.807) is 0 Å². The lowest BCUT2D eigenvalue weighted by Gasteiger charge is -2.42. The smallest absolute Gasteiger partial charge is 0.333 e. The molecule has 0 atom stereocenters. The van der Waals surface area contributed by atoms with Crippen molar-refractivity contribution < 1.29 is 4.42 Å². The Morgan fingerprint density at radius 3 is 1.97 bits per heavy atom. The van der Waals surface area contributed by atoms with Gasteiger partial charge in [-0.1, -0.05) is 108 Å². The quantitative estimate of drug-likeness (QED) is 0.154. The highest BCUT2D eigenvalue weighted by Gasteiger charge is 2.44. The van der Waals surface area contributed by atoms with E-state index in [1.807, 2.05) is 22.7 Å². The zero-order valence-electron chi connectivity index (χ0n) is 35.5. The summed E-state index contributed by atoms with van der Waals surface area (Å²) in [5, 5.41) is 10.1. The highest BCUT2D eigenvalue weighted by atomic mass is 32.1. The van der Waals surface area contributed by atoms with Crippen LogP contribution in [0.15, 0.2) is 144 Å². The second kappa shape index (κ2) is 11.8. The summed E-state index contributed by atoms with van der Waals surface area (Å²) in [6, 6.07) is 53.6. The number of thiophene rings is 2. The minimum atomic E-state index is -0.0637. The van der Waals surface area contributed by atoms with Crippen molar-refractivity contribution in [1.29, 1.82) is 0 Å². The Morgan fingerprint density at radius 1 is 0.468 bits per heavy atom. The fraction of sp³-hybridized carbons (Fsp3) is 0.143. The second-order valence-electron chi connectivity index (χ2n) is 19.7. The minimum Gasteiger partial charge on any atom is -0.456 e. The largest absolute Gasteiger partial charge is 0.456 e. The van der Waals surface area contributed by atoms with Gasteiger partial charge in [-0.3, -0.25) is 0 Å². The van der Waals surface area contributed by atoms with Crippen molar-refractivity contribution in [3.63, 3.8) is 0 Å². The summed E-state index contributed by atoms with van der Waals surface area (Å²) in [7, 11) is 0. The van der Waals surface area contributed by atoms with E-state index >= 15 is 0 Å². The highest BCUT2D eigenvalue weighted by molar-refractivity contribution is 7.26. The van der Waals surface area contributed by atoms with Gasteiger partial charge in [0.2, 0.25) is 0 Å². The number of para-hydroxylation sites is 1. The lowest BCUT2D eigenvalue weighted by atomic mass is 9.44. The average Bonchev–Trinajstić information content (AvgIpc) is 4.01. The Kier molecular flexibility index (Phi) is 6.70. The second-order valence-corrected chi connectivity index (χ2v) is 21.9. The van der Waals surface area contributed by atoms with Crippen molar-refractivity contribution in [3.8, 4) is 16.8 Å². The van der Waals surface area contributed by atoms with Crippen LogP contribution in [-0.2, 0) is 10.8 Å². The maximum Gasteiger partial charge on any atom is 0.333 e. The zero-order chi connectivity index (χ0) is 41.6. The monoisotopic (exact) mass is 832 g/mol. The third kappa shape index (κ3) is 4.61. The Morgan fingerprint density at radius 2 is 1.16 bits per heavy atom. The Hall–Kier alpha value is -6.34. The molecule has 6 heterocycles. The van der Waals surface area contributed by atoms with Crippen molar-refractivity contribution >= 4 is 136 Å². The van der Waals surface area contributed by atoms with Gasteiger partial charge in [0.15, 0.2) is 0 Å². The molecule has 0 aliphatic carbocycles. The molecule has 296 valence electrons. The van der Waals surface area contributed by atoms with Crippen LogP contribution in [0.2, 0.25) is 0 Å². The van der Waals surface area contributed by atoms with Crippen LogP contribution in [0.3, 0.4) is 0 Å². The summed E-state index contributed by atoms with van der Waals surface area (Å²) in [4.78, 5) is 2.69. The first-order valence-electron chi connectivity index (χ1n) is 21.8. The van der Waals surface area contributed by atoms with Crippen LogP contribution < -0.4 is 15.7 Å². The van der Waals surface area contributed by atoms with E-state index in [4.69, 9.17) is 4.42 Å². The van der Waals surface area contributed by atoms with Gasteiger partial charge >= 0.3 is 6.85 Å². The summed E-state index contributed by atoms with van der Waals surface area (Å²) in [5.74, 6) is 0. The molecule has 3 nitrogen and oxygen atoms in total. The third-order valence-electron chi connectivity index (χ3n) is 14.1. The first-order valence-corrected chi connectivity index (χ1v) is 23.4.